The molecule has 3 saturated heterocycles. The Morgan fingerprint density at radius 2 is 0.947 bits per heavy atom. The second-order valence-corrected chi connectivity index (χ2v) is 27.6. The molecule has 25 nitrogen and oxygen atoms in total. The lowest BCUT2D eigenvalue weighted by atomic mass is 9.81. The molecular weight excluding hydrogens is 1240 g/mol. The Morgan fingerprint density at radius 3 is 1.37 bits per heavy atom. The molecule has 9 heterocycles. The molecule has 0 spiro atoms. The lowest BCUT2D eigenvalue weighted by Crippen LogP contribution is -2.41. The Hall–Kier alpha value is -9.04. The molecule has 2 atom stereocenters. The van der Waals surface area contributed by atoms with Gasteiger partial charge in [-0.3, -0.25) is 49.4 Å². The third-order valence-corrected chi connectivity index (χ3v) is 21.0. The number of carboxylic acids is 3. The number of sulfonamides is 1. The minimum Gasteiger partial charge on any atom is -0.492 e. The monoisotopic (exact) mass is 1320 g/mol. The third-order valence-electron chi connectivity index (χ3n) is 19.2. The van der Waals surface area contributed by atoms with E-state index in [-0.39, 0.29) is 28.2 Å². The fraction of sp³-hybridized carbons (Fsp3) is 0.493. The van der Waals surface area contributed by atoms with E-state index in [9.17, 15) is 42.6 Å². The molecule has 2 aliphatic carbocycles. The number of hydrogen-bond donors (Lipinski definition) is 6. The van der Waals surface area contributed by atoms with Gasteiger partial charge in [0.15, 0.2) is 0 Å². The second kappa shape index (κ2) is 32.9. The van der Waals surface area contributed by atoms with Crippen LogP contribution in [0.2, 0.25) is 0 Å². The molecule has 2 saturated carbocycles. The van der Waals surface area contributed by atoms with Gasteiger partial charge in [-0.2, -0.15) is 19.6 Å². The van der Waals surface area contributed by atoms with E-state index >= 15 is 0 Å². The van der Waals surface area contributed by atoms with Crippen molar-refractivity contribution in [3.8, 4) is 51.4 Å². The SMILES string of the molecule is O=C(CCCC1(C(=O)O)CCCC1)N1CCC(COc2ccc(-c3ccn[nH]3)nc2)CC1.O=C(CCCC1(C(=O)O)CCCC1)N1CCCC(COc2ccc(-c3ccn[nH]3)nc2)C1.O=C(O)c1cccc(S(=O)(=O)N2CCCC(COc3ccc(-c4ccn[nH]4)nc3)C2)c1. The van der Waals surface area contributed by atoms with E-state index in [1.54, 1.807) is 37.2 Å². The van der Waals surface area contributed by atoms with Crippen molar-refractivity contribution in [3.63, 3.8) is 0 Å². The summed E-state index contributed by atoms with van der Waals surface area (Å²) in [5, 5.41) is 48.7. The van der Waals surface area contributed by atoms with Crippen LogP contribution in [0.25, 0.3) is 34.2 Å². The van der Waals surface area contributed by atoms with Crippen molar-refractivity contribution >= 4 is 39.7 Å². The topological polar surface area (TPSA) is 342 Å². The third kappa shape index (κ3) is 18.7. The van der Waals surface area contributed by atoms with Gasteiger partial charge in [0.2, 0.25) is 21.8 Å². The number of piperidine rings is 3. The summed E-state index contributed by atoms with van der Waals surface area (Å²) in [6.07, 6.45) is 25.9. The van der Waals surface area contributed by atoms with E-state index in [0.717, 1.165) is 143 Å². The summed E-state index contributed by atoms with van der Waals surface area (Å²) in [6.45, 7) is 5.22. The number of aromatic carboxylic acids is 1. The summed E-state index contributed by atoms with van der Waals surface area (Å²) in [7, 11) is -3.77. The first-order chi connectivity index (χ1) is 46.0. The first-order valence-electron chi connectivity index (χ1n) is 33.2. The van der Waals surface area contributed by atoms with Crippen LogP contribution < -0.4 is 14.2 Å². The van der Waals surface area contributed by atoms with Crippen LogP contribution in [0.4, 0.5) is 0 Å². The molecule has 3 aliphatic heterocycles. The summed E-state index contributed by atoms with van der Waals surface area (Å²) in [6, 6.07) is 22.3. The Morgan fingerprint density at radius 1 is 0.505 bits per heavy atom. The number of benzene rings is 1. The number of pyridine rings is 3. The van der Waals surface area contributed by atoms with Crippen molar-refractivity contribution in [1.82, 2.24) is 59.6 Å². The zero-order valence-electron chi connectivity index (χ0n) is 53.6. The van der Waals surface area contributed by atoms with Crippen molar-refractivity contribution in [2.45, 2.75) is 133 Å². The number of likely N-dealkylation sites (tertiary alicyclic amines) is 2. The number of carbonyl (C=O) groups excluding carboxylic acids is 2. The highest BCUT2D eigenvalue weighted by atomic mass is 32.2. The summed E-state index contributed by atoms with van der Waals surface area (Å²) in [4.78, 5) is 76.9. The number of amides is 2. The zero-order valence-corrected chi connectivity index (χ0v) is 54.4. The molecule has 6 N–H and O–H groups in total. The number of rotatable bonds is 25. The van der Waals surface area contributed by atoms with Crippen molar-refractivity contribution in [3.05, 3.63) is 122 Å². The van der Waals surface area contributed by atoms with Gasteiger partial charge in [0.05, 0.1) is 93.9 Å². The molecule has 5 fully saturated rings. The Kier molecular flexibility index (Phi) is 23.8. The van der Waals surface area contributed by atoms with Gasteiger partial charge in [-0.1, -0.05) is 31.7 Å². The number of nitrogens with one attached hydrogen (secondary N) is 3. The number of aliphatic carboxylic acids is 2. The lowest BCUT2D eigenvalue weighted by Gasteiger charge is -2.33. The van der Waals surface area contributed by atoms with E-state index in [2.05, 4.69) is 45.5 Å². The van der Waals surface area contributed by atoms with Gasteiger partial charge in [-0.25, -0.2) is 13.2 Å². The van der Waals surface area contributed by atoms with Gasteiger partial charge in [0, 0.05) is 82.5 Å². The molecule has 5 aliphatic rings. The largest absolute Gasteiger partial charge is 0.492 e. The standard InChI is InChI=1S/2C24H32N4O4.C21H22N4O5S/c29-22(6-3-12-24(23(30)31)10-1-2-11-24)28-14-4-5-18(16-28)17-32-19-7-8-20(25-15-19)21-9-13-26-27-21;29-22(4-3-12-24(23(30)31)10-1-2-11-24)28-14-8-18(9-15-28)17-32-19-5-6-20(25-16-19)21-7-13-26-27-21;26-21(27)16-4-1-5-18(11-16)31(28,29)25-10-2-3-15(13-25)14-30-17-6-7-19(22-12-17)20-8-9-23-24-20/h7-9,13,15,18H,1-6,10-12,14,16-17H2,(H,26,27)(H,30,31);5-7,13,16,18H,1-4,8-12,14-15,17H2,(H,26,27)(H,30,31);1,4-9,11-12,15H,2-3,10,13-14H2,(H,23,24)(H,26,27). The number of nitrogens with zero attached hydrogens (tertiary/aromatic N) is 9. The minimum absolute atomic E-state index is 0.00689. The molecule has 12 rings (SSSR count). The van der Waals surface area contributed by atoms with E-state index in [1.807, 2.05) is 64.4 Å². The highest BCUT2D eigenvalue weighted by Gasteiger charge is 2.42. The molecule has 2 amide bonds. The van der Waals surface area contributed by atoms with Crippen LogP contribution in [-0.4, -0.2) is 172 Å². The predicted octanol–water partition coefficient (Wildman–Crippen LogP) is 10.5. The normalized spacial score (nSPS) is 18.7. The van der Waals surface area contributed by atoms with Crippen molar-refractivity contribution in [2.24, 2.45) is 28.6 Å². The first kappa shape index (κ1) is 68.8. The highest BCUT2D eigenvalue weighted by Crippen LogP contribution is 2.44. The number of aromatic nitrogens is 9. The quantitative estimate of drug-likeness (QED) is 0.0310. The van der Waals surface area contributed by atoms with Gasteiger partial charge < -0.3 is 39.3 Å². The number of ether oxygens (including phenoxy) is 3. The number of hydrogen-bond acceptors (Lipinski definition) is 16. The van der Waals surface area contributed by atoms with Gasteiger partial charge >= 0.3 is 17.9 Å². The fourth-order valence-electron chi connectivity index (χ4n) is 13.5. The lowest BCUT2D eigenvalue weighted by molar-refractivity contribution is -0.150. The van der Waals surface area contributed by atoms with Gasteiger partial charge in [0.25, 0.3) is 0 Å². The second-order valence-electron chi connectivity index (χ2n) is 25.7. The van der Waals surface area contributed by atoms with Crippen LogP contribution >= 0.6 is 0 Å². The fourth-order valence-corrected chi connectivity index (χ4v) is 15.1. The summed E-state index contributed by atoms with van der Waals surface area (Å²) < 4.78 is 45.1. The molecule has 6 aromatic heterocycles. The zero-order chi connectivity index (χ0) is 66.6. The van der Waals surface area contributed by atoms with E-state index in [4.69, 9.17) is 19.3 Å². The predicted molar refractivity (Wildman–Crippen MR) is 350 cm³/mol. The number of carboxylic acid groups (broad SMARTS) is 3. The van der Waals surface area contributed by atoms with Gasteiger partial charge in [-0.15, -0.1) is 0 Å². The maximum atomic E-state index is 13.0. The summed E-state index contributed by atoms with van der Waals surface area (Å²) in [5.74, 6) is 0.558. The summed E-state index contributed by atoms with van der Waals surface area (Å²) in [5.41, 5.74) is 3.69. The Bertz CT molecular complexity index is 3690. The Labute approximate surface area is 552 Å². The molecule has 7 aromatic rings. The molecule has 1 aromatic carbocycles. The average molecular weight is 1320 g/mol. The van der Waals surface area contributed by atoms with Crippen LogP contribution in [0.3, 0.4) is 0 Å². The van der Waals surface area contributed by atoms with Crippen molar-refractivity contribution < 1.29 is 61.9 Å². The summed E-state index contributed by atoms with van der Waals surface area (Å²) >= 11 is 0. The maximum Gasteiger partial charge on any atom is 0.335 e. The molecular formula is C69H86N12O13S. The molecule has 506 valence electrons. The highest BCUT2D eigenvalue weighted by molar-refractivity contribution is 7.89. The Balaban J connectivity index is 0.000000155. The van der Waals surface area contributed by atoms with Crippen LogP contribution in [0.1, 0.15) is 139 Å². The van der Waals surface area contributed by atoms with Crippen LogP contribution in [0, 0.1) is 28.6 Å². The van der Waals surface area contributed by atoms with Crippen LogP contribution in [0.5, 0.6) is 17.2 Å². The van der Waals surface area contributed by atoms with Crippen molar-refractivity contribution in [2.75, 3.05) is 59.1 Å². The minimum atomic E-state index is -3.77. The molecule has 2 unspecified atom stereocenters. The average Bonchev–Trinajstić information content (AvgIpc) is 1.87. The van der Waals surface area contributed by atoms with Crippen LogP contribution in [-0.2, 0) is 29.2 Å². The van der Waals surface area contributed by atoms with E-state index in [1.165, 1.54) is 28.6 Å². The first-order valence-corrected chi connectivity index (χ1v) is 34.6. The van der Waals surface area contributed by atoms with Crippen molar-refractivity contribution in [1.29, 1.82) is 0 Å². The van der Waals surface area contributed by atoms with Crippen LogP contribution in [0.15, 0.2) is 121 Å². The molecule has 95 heavy (non-hydrogen) atoms. The number of aromatic amines is 3. The number of carbonyl (C=O) groups is 5. The smallest absolute Gasteiger partial charge is 0.335 e. The van der Waals surface area contributed by atoms with Gasteiger partial charge in [0.1, 0.15) is 17.2 Å². The maximum absolute atomic E-state index is 13.0. The number of H-pyrrole nitrogens is 3. The van der Waals surface area contributed by atoms with E-state index in [0.29, 0.717) is 108 Å². The molecule has 26 heteroatoms. The van der Waals surface area contributed by atoms with Gasteiger partial charge in [-0.05, 0) is 169 Å². The molecule has 0 bridgehead atoms. The van der Waals surface area contributed by atoms with E-state index < -0.39 is 38.8 Å². The molecule has 0 radical (unpaired) electrons.